The molecule has 1 heterocycles. The zero-order chi connectivity index (χ0) is 13.1. The summed E-state index contributed by atoms with van der Waals surface area (Å²) in [5.74, 6) is -0.530. The van der Waals surface area contributed by atoms with Gasteiger partial charge in [-0.1, -0.05) is 0 Å². The lowest BCUT2D eigenvalue weighted by atomic mass is 10.1. The van der Waals surface area contributed by atoms with Crippen LogP contribution in [0.5, 0.6) is 0 Å². The van der Waals surface area contributed by atoms with Crippen LogP contribution in [0.4, 0.5) is 4.39 Å². The fraction of sp³-hybridized carbons (Fsp3) is 0.231. The quantitative estimate of drug-likeness (QED) is 0.899. The van der Waals surface area contributed by atoms with Crippen molar-refractivity contribution in [2.75, 3.05) is 0 Å². The van der Waals surface area contributed by atoms with Crippen LogP contribution in [-0.2, 0) is 13.6 Å². The van der Waals surface area contributed by atoms with Gasteiger partial charge in [0.05, 0.1) is 12.2 Å². The highest BCUT2D eigenvalue weighted by Gasteiger charge is 2.08. The lowest BCUT2D eigenvalue weighted by Crippen LogP contribution is -2.24. The van der Waals surface area contributed by atoms with Gasteiger partial charge in [-0.05, 0) is 36.8 Å². The second-order valence-electron chi connectivity index (χ2n) is 4.09. The molecule has 0 atom stereocenters. The molecular weight excluding hydrogens is 233 g/mol. The van der Waals surface area contributed by atoms with Crippen LogP contribution in [-0.4, -0.2) is 15.7 Å². The number of rotatable bonds is 3. The van der Waals surface area contributed by atoms with Gasteiger partial charge in [-0.3, -0.25) is 9.48 Å². The maximum absolute atomic E-state index is 13.1. The zero-order valence-corrected chi connectivity index (χ0v) is 10.3. The van der Waals surface area contributed by atoms with Gasteiger partial charge in [0, 0.05) is 18.8 Å². The largest absolute Gasteiger partial charge is 0.346 e. The van der Waals surface area contributed by atoms with E-state index in [4.69, 9.17) is 0 Å². The number of aryl methyl sites for hydroxylation is 2. The molecule has 0 radical (unpaired) electrons. The van der Waals surface area contributed by atoms with E-state index in [9.17, 15) is 9.18 Å². The van der Waals surface area contributed by atoms with E-state index in [2.05, 4.69) is 10.4 Å². The van der Waals surface area contributed by atoms with Gasteiger partial charge in [-0.25, -0.2) is 4.39 Å². The number of carbonyl (C=O) groups is 1. The van der Waals surface area contributed by atoms with Crippen LogP contribution < -0.4 is 5.32 Å². The Morgan fingerprint density at radius 1 is 1.44 bits per heavy atom. The van der Waals surface area contributed by atoms with Gasteiger partial charge in [0.1, 0.15) is 5.82 Å². The van der Waals surface area contributed by atoms with Gasteiger partial charge in [0.15, 0.2) is 0 Å². The topological polar surface area (TPSA) is 46.9 Å². The average Bonchev–Trinajstić information content (AvgIpc) is 2.75. The molecule has 0 aliphatic rings. The third kappa shape index (κ3) is 2.56. The smallest absolute Gasteiger partial charge is 0.251 e. The van der Waals surface area contributed by atoms with E-state index in [1.807, 2.05) is 13.1 Å². The van der Waals surface area contributed by atoms with Crippen molar-refractivity contribution in [1.82, 2.24) is 15.1 Å². The molecule has 0 saturated carbocycles. The highest BCUT2D eigenvalue weighted by molar-refractivity contribution is 5.94. The molecule has 0 saturated heterocycles. The second-order valence-corrected chi connectivity index (χ2v) is 4.09. The molecule has 1 aromatic heterocycles. The van der Waals surface area contributed by atoms with E-state index in [1.165, 1.54) is 18.2 Å². The lowest BCUT2D eigenvalue weighted by molar-refractivity contribution is 0.0950. The molecule has 5 heteroatoms. The molecule has 4 nitrogen and oxygen atoms in total. The molecule has 1 aromatic carbocycles. The average molecular weight is 247 g/mol. The van der Waals surface area contributed by atoms with Crippen LogP contribution >= 0.6 is 0 Å². The molecule has 2 aromatic rings. The van der Waals surface area contributed by atoms with Gasteiger partial charge in [-0.15, -0.1) is 0 Å². The third-order valence-corrected chi connectivity index (χ3v) is 2.77. The normalized spacial score (nSPS) is 10.4. The third-order valence-electron chi connectivity index (χ3n) is 2.77. The number of carbonyl (C=O) groups excluding carboxylic acids is 1. The van der Waals surface area contributed by atoms with Crippen molar-refractivity contribution in [2.45, 2.75) is 13.5 Å². The molecule has 0 fully saturated rings. The maximum Gasteiger partial charge on any atom is 0.251 e. The van der Waals surface area contributed by atoms with Crippen molar-refractivity contribution in [3.63, 3.8) is 0 Å². The predicted octanol–water partition coefficient (Wildman–Crippen LogP) is 1.80. The van der Waals surface area contributed by atoms with Crippen molar-refractivity contribution in [1.29, 1.82) is 0 Å². The van der Waals surface area contributed by atoms with Gasteiger partial charge in [0.25, 0.3) is 5.91 Å². The van der Waals surface area contributed by atoms with E-state index < -0.39 is 0 Å². The van der Waals surface area contributed by atoms with Gasteiger partial charge < -0.3 is 5.32 Å². The molecule has 2 rings (SSSR count). The van der Waals surface area contributed by atoms with E-state index in [0.717, 1.165) is 5.69 Å². The maximum atomic E-state index is 13.1. The van der Waals surface area contributed by atoms with Gasteiger partial charge >= 0.3 is 0 Å². The molecule has 0 aliphatic heterocycles. The van der Waals surface area contributed by atoms with Crippen molar-refractivity contribution in [3.8, 4) is 0 Å². The summed E-state index contributed by atoms with van der Waals surface area (Å²) in [4.78, 5) is 11.9. The number of aromatic nitrogens is 2. The number of hydrogen-bond acceptors (Lipinski definition) is 2. The molecule has 18 heavy (non-hydrogen) atoms. The van der Waals surface area contributed by atoms with Crippen LogP contribution in [0, 0.1) is 12.7 Å². The summed E-state index contributed by atoms with van der Waals surface area (Å²) < 4.78 is 14.8. The Labute approximate surface area is 104 Å². The van der Waals surface area contributed by atoms with E-state index in [1.54, 1.807) is 17.8 Å². The van der Waals surface area contributed by atoms with Crippen LogP contribution in [0.25, 0.3) is 0 Å². The monoisotopic (exact) mass is 247 g/mol. The highest BCUT2D eigenvalue weighted by Crippen LogP contribution is 2.09. The number of halogens is 1. The van der Waals surface area contributed by atoms with E-state index >= 15 is 0 Å². The van der Waals surface area contributed by atoms with Crippen LogP contribution in [0.1, 0.15) is 21.6 Å². The Hall–Kier alpha value is -2.17. The molecule has 0 bridgehead atoms. The summed E-state index contributed by atoms with van der Waals surface area (Å²) in [6.45, 7) is 2.03. The van der Waals surface area contributed by atoms with Crippen molar-refractivity contribution in [3.05, 3.63) is 53.1 Å². The van der Waals surface area contributed by atoms with Gasteiger partial charge in [0.2, 0.25) is 0 Å². The summed E-state index contributed by atoms with van der Waals surface area (Å²) in [5, 5.41) is 6.78. The fourth-order valence-electron chi connectivity index (χ4n) is 1.63. The first-order valence-corrected chi connectivity index (χ1v) is 5.59. The Morgan fingerprint density at radius 3 is 2.83 bits per heavy atom. The van der Waals surface area contributed by atoms with Crippen molar-refractivity contribution < 1.29 is 9.18 Å². The Morgan fingerprint density at radius 2 is 2.22 bits per heavy atom. The number of hydrogen-bond donors (Lipinski definition) is 1. The molecule has 94 valence electrons. The number of benzene rings is 1. The van der Waals surface area contributed by atoms with Crippen LogP contribution in [0.2, 0.25) is 0 Å². The van der Waals surface area contributed by atoms with Gasteiger partial charge in [-0.2, -0.15) is 5.10 Å². The minimum absolute atomic E-state index is 0.223. The summed E-state index contributed by atoms with van der Waals surface area (Å²) >= 11 is 0. The molecule has 0 aliphatic carbocycles. The first-order valence-electron chi connectivity index (χ1n) is 5.59. The first-order chi connectivity index (χ1) is 8.58. The molecule has 0 spiro atoms. The Balaban J connectivity index is 2.04. The molecule has 1 amide bonds. The SMILES string of the molecule is Cc1cc(C(=O)NCc2ccnn2C)ccc1F. The van der Waals surface area contributed by atoms with Crippen LogP contribution in [0.15, 0.2) is 30.5 Å². The Bertz CT molecular complexity index is 577. The van der Waals surface area contributed by atoms with Crippen molar-refractivity contribution >= 4 is 5.91 Å². The molecular formula is C13H14FN3O. The summed E-state index contributed by atoms with van der Waals surface area (Å²) in [6.07, 6.45) is 1.67. The highest BCUT2D eigenvalue weighted by atomic mass is 19.1. The zero-order valence-electron chi connectivity index (χ0n) is 10.3. The van der Waals surface area contributed by atoms with E-state index in [0.29, 0.717) is 17.7 Å². The minimum atomic E-state index is -0.307. The second kappa shape index (κ2) is 5.00. The standard InChI is InChI=1S/C13H14FN3O/c1-9-7-10(3-4-12(9)14)13(18)15-8-11-5-6-16-17(11)2/h3-7H,8H2,1-2H3,(H,15,18). The van der Waals surface area contributed by atoms with Crippen LogP contribution in [0.3, 0.4) is 0 Å². The van der Waals surface area contributed by atoms with Crippen molar-refractivity contribution in [2.24, 2.45) is 7.05 Å². The lowest BCUT2D eigenvalue weighted by Gasteiger charge is -2.06. The number of amides is 1. The fourth-order valence-corrected chi connectivity index (χ4v) is 1.63. The summed E-state index contributed by atoms with van der Waals surface area (Å²) in [7, 11) is 1.81. The predicted molar refractivity (Wildman–Crippen MR) is 65.5 cm³/mol. The summed E-state index contributed by atoms with van der Waals surface area (Å²) in [6, 6.07) is 6.14. The van der Waals surface area contributed by atoms with E-state index in [-0.39, 0.29) is 11.7 Å². The number of nitrogens with zero attached hydrogens (tertiary/aromatic N) is 2. The molecule has 1 N–H and O–H groups in total. The minimum Gasteiger partial charge on any atom is -0.346 e. The Kier molecular flexibility index (Phi) is 3.41. The summed E-state index contributed by atoms with van der Waals surface area (Å²) in [5.41, 5.74) is 1.82. The molecule has 0 unspecified atom stereocenters. The first kappa shape index (κ1) is 12.3. The number of nitrogens with one attached hydrogen (secondary N) is 1.